The summed E-state index contributed by atoms with van der Waals surface area (Å²) in [5.74, 6) is 0.916. The van der Waals surface area contributed by atoms with E-state index in [0.29, 0.717) is 11.7 Å². The van der Waals surface area contributed by atoms with E-state index >= 15 is 0 Å². The Morgan fingerprint density at radius 3 is 1.32 bits per heavy atom. The number of hydrogen-bond acceptors (Lipinski definition) is 3. The standard InChI is InChI=1S/C10H19NO.C8H16O.C6H12O/c1-10(2,3)9(12)11-7-5-4-6-8-11;1-5-6-7(9)8(2,3)4;1-5(7)6(2,3)4/h4-8H2,1-3H3;5-6H2,1-4H3;1-4H3. The summed E-state index contributed by atoms with van der Waals surface area (Å²) in [6.07, 6.45) is 5.34. The minimum atomic E-state index is -0.197. The molecule has 1 fully saturated rings. The molecule has 166 valence electrons. The minimum absolute atomic E-state index is 0.129. The first kappa shape index (κ1) is 29.0. The Hall–Kier alpha value is -1.19. The summed E-state index contributed by atoms with van der Waals surface area (Å²) in [6.45, 7) is 23.2. The van der Waals surface area contributed by atoms with E-state index in [-0.39, 0.29) is 22.0 Å². The first-order chi connectivity index (χ1) is 12.4. The van der Waals surface area contributed by atoms with E-state index in [1.165, 1.54) is 19.3 Å². The second-order valence-electron chi connectivity index (χ2n) is 10.8. The molecule has 1 heterocycles. The largest absolute Gasteiger partial charge is 0.342 e. The number of piperidine rings is 1. The third-order valence-corrected chi connectivity index (χ3v) is 4.65. The van der Waals surface area contributed by atoms with E-state index in [1.807, 2.05) is 74.1 Å². The van der Waals surface area contributed by atoms with Gasteiger partial charge < -0.3 is 4.90 Å². The van der Waals surface area contributed by atoms with Gasteiger partial charge in [0.25, 0.3) is 0 Å². The molecule has 1 saturated heterocycles. The lowest BCUT2D eigenvalue weighted by Crippen LogP contribution is -2.42. The van der Waals surface area contributed by atoms with Crippen LogP contribution < -0.4 is 0 Å². The molecule has 0 aliphatic carbocycles. The smallest absolute Gasteiger partial charge is 0.227 e. The zero-order valence-electron chi connectivity index (χ0n) is 20.6. The van der Waals surface area contributed by atoms with Crippen LogP contribution in [0.4, 0.5) is 0 Å². The van der Waals surface area contributed by atoms with Gasteiger partial charge >= 0.3 is 0 Å². The number of Topliss-reactive ketones (excluding diaryl/α,β-unsaturated/α-hetero) is 2. The molecular weight excluding hydrogens is 350 g/mol. The number of rotatable bonds is 2. The van der Waals surface area contributed by atoms with Crippen LogP contribution >= 0.6 is 0 Å². The van der Waals surface area contributed by atoms with Gasteiger partial charge in [-0.1, -0.05) is 69.2 Å². The van der Waals surface area contributed by atoms with Crippen LogP contribution in [0.15, 0.2) is 0 Å². The minimum Gasteiger partial charge on any atom is -0.342 e. The number of hydrogen-bond donors (Lipinski definition) is 0. The highest BCUT2D eigenvalue weighted by atomic mass is 16.2. The van der Waals surface area contributed by atoms with Crippen molar-refractivity contribution in [2.24, 2.45) is 16.2 Å². The van der Waals surface area contributed by atoms with Crippen molar-refractivity contribution in [3.05, 3.63) is 0 Å². The quantitative estimate of drug-likeness (QED) is 0.568. The number of carbonyl (C=O) groups excluding carboxylic acids is 3. The van der Waals surface area contributed by atoms with Gasteiger partial charge in [-0.15, -0.1) is 0 Å². The Labute approximate surface area is 174 Å². The summed E-state index contributed by atoms with van der Waals surface area (Å²) in [7, 11) is 0. The number of ketones is 2. The molecule has 28 heavy (non-hydrogen) atoms. The van der Waals surface area contributed by atoms with Crippen LogP contribution in [0.25, 0.3) is 0 Å². The van der Waals surface area contributed by atoms with Crippen molar-refractivity contribution in [2.75, 3.05) is 13.1 Å². The molecule has 0 saturated carbocycles. The average Bonchev–Trinajstić information content (AvgIpc) is 2.54. The van der Waals surface area contributed by atoms with Gasteiger partial charge in [-0.2, -0.15) is 0 Å². The highest BCUT2D eigenvalue weighted by Gasteiger charge is 2.27. The Morgan fingerprint density at radius 1 is 0.714 bits per heavy atom. The van der Waals surface area contributed by atoms with Crippen molar-refractivity contribution < 1.29 is 14.4 Å². The van der Waals surface area contributed by atoms with Gasteiger partial charge in [0.2, 0.25) is 5.91 Å². The predicted molar refractivity (Wildman–Crippen MR) is 119 cm³/mol. The van der Waals surface area contributed by atoms with Crippen LogP contribution in [-0.4, -0.2) is 35.5 Å². The molecule has 0 radical (unpaired) electrons. The SMILES string of the molecule is CC(=O)C(C)(C)C.CC(C)(C)C(=O)N1CCCCC1.CCCC(=O)C(C)(C)C. The number of nitrogens with zero attached hydrogens (tertiary/aromatic N) is 1. The lowest BCUT2D eigenvalue weighted by atomic mass is 9.88. The molecule has 1 aliphatic heterocycles. The summed E-state index contributed by atoms with van der Waals surface area (Å²) in [6, 6.07) is 0. The second-order valence-corrected chi connectivity index (χ2v) is 10.8. The Balaban J connectivity index is 0. The first-order valence-corrected chi connectivity index (χ1v) is 10.8. The van der Waals surface area contributed by atoms with Crippen LogP contribution in [0.3, 0.4) is 0 Å². The normalized spacial score (nSPS) is 14.9. The third kappa shape index (κ3) is 13.9. The summed E-state index contributed by atoms with van der Waals surface area (Å²) in [4.78, 5) is 35.3. The van der Waals surface area contributed by atoms with Gasteiger partial charge in [0, 0.05) is 35.8 Å². The summed E-state index contributed by atoms with van der Waals surface area (Å²) in [5.41, 5.74) is -0.465. The average molecular weight is 398 g/mol. The molecule has 0 N–H and O–H groups in total. The van der Waals surface area contributed by atoms with E-state index in [2.05, 4.69) is 0 Å². The van der Waals surface area contributed by atoms with Gasteiger partial charge in [-0.05, 0) is 32.6 Å². The molecule has 1 aliphatic rings. The van der Waals surface area contributed by atoms with Gasteiger partial charge in [-0.25, -0.2) is 0 Å². The maximum absolute atomic E-state index is 11.7. The molecule has 0 aromatic rings. The van der Waals surface area contributed by atoms with Gasteiger partial charge in [-0.3, -0.25) is 14.4 Å². The molecule has 0 aromatic heterocycles. The monoisotopic (exact) mass is 397 g/mol. The molecule has 0 aromatic carbocycles. The highest BCUT2D eigenvalue weighted by Crippen LogP contribution is 2.20. The van der Waals surface area contributed by atoms with E-state index in [4.69, 9.17) is 0 Å². The molecule has 1 amide bonds. The molecule has 0 atom stereocenters. The van der Waals surface area contributed by atoms with Crippen molar-refractivity contribution in [3.63, 3.8) is 0 Å². The Morgan fingerprint density at radius 2 is 1.11 bits per heavy atom. The van der Waals surface area contributed by atoms with Crippen molar-refractivity contribution in [1.82, 2.24) is 4.90 Å². The van der Waals surface area contributed by atoms with Gasteiger partial charge in [0.15, 0.2) is 0 Å². The fourth-order valence-corrected chi connectivity index (χ4v) is 2.17. The van der Waals surface area contributed by atoms with Crippen molar-refractivity contribution in [1.29, 1.82) is 0 Å². The lowest BCUT2D eigenvalue weighted by molar-refractivity contribution is -0.140. The summed E-state index contributed by atoms with van der Waals surface area (Å²) < 4.78 is 0. The van der Waals surface area contributed by atoms with Crippen LogP contribution in [0.1, 0.15) is 108 Å². The van der Waals surface area contributed by atoms with Crippen LogP contribution in [0.5, 0.6) is 0 Å². The maximum atomic E-state index is 11.7. The zero-order valence-corrected chi connectivity index (χ0v) is 20.6. The number of amides is 1. The Kier molecular flexibility index (Phi) is 12.8. The fourth-order valence-electron chi connectivity index (χ4n) is 2.17. The third-order valence-electron chi connectivity index (χ3n) is 4.65. The number of likely N-dealkylation sites (tertiary alicyclic amines) is 1. The van der Waals surface area contributed by atoms with Crippen LogP contribution in [-0.2, 0) is 14.4 Å². The predicted octanol–water partition coefficient (Wildman–Crippen LogP) is 6.07. The topological polar surface area (TPSA) is 54.5 Å². The first-order valence-electron chi connectivity index (χ1n) is 10.8. The van der Waals surface area contributed by atoms with Gasteiger partial charge in [0.1, 0.15) is 11.6 Å². The van der Waals surface area contributed by atoms with Crippen molar-refractivity contribution in [2.45, 2.75) is 108 Å². The van der Waals surface area contributed by atoms with E-state index in [9.17, 15) is 14.4 Å². The lowest BCUT2D eigenvalue weighted by Gasteiger charge is -2.32. The van der Waals surface area contributed by atoms with Crippen molar-refractivity contribution >= 4 is 17.5 Å². The molecule has 4 heteroatoms. The summed E-state index contributed by atoms with van der Waals surface area (Å²) in [5, 5.41) is 0. The van der Waals surface area contributed by atoms with E-state index in [0.717, 1.165) is 25.9 Å². The van der Waals surface area contributed by atoms with Crippen molar-refractivity contribution in [3.8, 4) is 0 Å². The molecular formula is C24H47NO3. The van der Waals surface area contributed by atoms with Gasteiger partial charge in [0.05, 0.1) is 0 Å². The fraction of sp³-hybridized carbons (Fsp3) is 0.875. The molecule has 0 unspecified atom stereocenters. The van der Waals surface area contributed by atoms with E-state index in [1.54, 1.807) is 6.92 Å². The van der Waals surface area contributed by atoms with Crippen LogP contribution in [0, 0.1) is 16.2 Å². The molecule has 1 rings (SSSR count). The molecule has 0 bridgehead atoms. The van der Waals surface area contributed by atoms with E-state index < -0.39 is 0 Å². The molecule has 4 nitrogen and oxygen atoms in total. The summed E-state index contributed by atoms with van der Waals surface area (Å²) >= 11 is 0. The Bertz CT molecular complexity index is 481. The zero-order chi connectivity index (χ0) is 22.8. The van der Waals surface area contributed by atoms with Crippen LogP contribution in [0.2, 0.25) is 0 Å². The number of carbonyl (C=O) groups is 3. The maximum Gasteiger partial charge on any atom is 0.227 e. The highest BCUT2D eigenvalue weighted by molar-refractivity contribution is 5.83. The second kappa shape index (κ2) is 12.4. The molecule has 0 spiro atoms.